The summed E-state index contributed by atoms with van der Waals surface area (Å²) >= 11 is 5.84. The minimum absolute atomic E-state index is 0.719. The van der Waals surface area contributed by atoms with Crippen LogP contribution in [0.1, 0.15) is 12.5 Å². The van der Waals surface area contributed by atoms with Crippen LogP contribution in [-0.2, 0) is 0 Å². The summed E-state index contributed by atoms with van der Waals surface area (Å²) in [6.07, 6.45) is 0. The van der Waals surface area contributed by atoms with Crippen molar-refractivity contribution in [2.45, 2.75) is 6.92 Å². The fourth-order valence-corrected chi connectivity index (χ4v) is 1.73. The van der Waals surface area contributed by atoms with Crippen molar-refractivity contribution in [2.75, 3.05) is 7.11 Å². The lowest BCUT2D eigenvalue weighted by Crippen LogP contribution is -1.93. The Balaban J connectivity index is 2.23. The first-order valence-corrected chi connectivity index (χ1v) is 6.02. The van der Waals surface area contributed by atoms with E-state index < -0.39 is 0 Å². The van der Waals surface area contributed by atoms with Crippen molar-refractivity contribution in [3.05, 3.63) is 59.1 Å². The van der Waals surface area contributed by atoms with Gasteiger partial charge >= 0.3 is 0 Å². The number of halogens is 1. The third-order valence-corrected chi connectivity index (χ3v) is 2.88. The molecule has 0 amide bonds. The first-order valence-electron chi connectivity index (χ1n) is 5.64. The van der Waals surface area contributed by atoms with Crippen molar-refractivity contribution in [1.82, 2.24) is 0 Å². The second kappa shape index (κ2) is 5.69. The third kappa shape index (κ3) is 3.11. The molecule has 0 atom stereocenters. The van der Waals surface area contributed by atoms with Crippen LogP contribution in [0.15, 0.2) is 53.5 Å². The Morgan fingerprint density at radius 1 is 1.00 bits per heavy atom. The van der Waals surface area contributed by atoms with Crippen molar-refractivity contribution in [3.8, 4) is 5.75 Å². The van der Waals surface area contributed by atoms with Gasteiger partial charge in [-0.1, -0.05) is 11.6 Å². The zero-order chi connectivity index (χ0) is 13.0. The summed E-state index contributed by atoms with van der Waals surface area (Å²) in [5.74, 6) is 0.845. The lowest BCUT2D eigenvalue weighted by molar-refractivity contribution is 0.415. The molecule has 0 aliphatic carbocycles. The summed E-state index contributed by atoms with van der Waals surface area (Å²) in [6, 6.07) is 15.3. The molecule has 2 aromatic rings. The highest BCUT2D eigenvalue weighted by atomic mass is 35.5. The van der Waals surface area contributed by atoms with E-state index in [4.69, 9.17) is 16.3 Å². The Labute approximate surface area is 112 Å². The van der Waals surface area contributed by atoms with Gasteiger partial charge in [-0.2, -0.15) is 0 Å². The lowest BCUT2D eigenvalue weighted by atomic mass is 10.1. The quantitative estimate of drug-likeness (QED) is 0.745. The topological polar surface area (TPSA) is 21.6 Å². The molecule has 18 heavy (non-hydrogen) atoms. The van der Waals surface area contributed by atoms with Crippen molar-refractivity contribution in [2.24, 2.45) is 4.99 Å². The Hall–Kier alpha value is -1.80. The predicted octanol–water partition coefficient (Wildman–Crippen LogP) is 4.49. The Bertz CT molecular complexity index is 544. The van der Waals surface area contributed by atoms with Gasteiger partial charge in [0.05, 0.1) is 12.8 Å². The molecule has 0 aromatic heterocycles. The molecule has 0 unspecified atom stereocenters. The first-order chi connectivity index (χ1) is 8.69. The molecular formula is C15H14ClNO. The van der Waals surface area contributed by atoms with E-state index in [1.54, 1.807) is 7.11 Å². The van der Waals surface area contributed by atoms with E-state index in [2.05, 4.69) is 4.99 Å². The smallest absolute Gasteiger partial charge is 0.118 e. The Kier molecular flexibility index (Phi) is 4.00. The number of rotatable bonds is 3. The fraction of sp³-hybridized carbons (Fsp3) is 0.133. The molecule has 2 rings (SSSR count). The average Bonchev–Trinajstić information content (AvgIpc) is 2.41. The monoisotopic (exact) mass is 259 g/mol. The maximum Gasteiger partial charge on any atom is 0.118 e. The van der Waals surface area contributed by atoms with Gasteiger partial charge in [0.1, 0.15) is 5.75 Å². The summed E-state index contributed by atoms with van der Waals surface area (Å²) < 4.78 is 5.13. The third-order valence-electron chi connectivity index (χ3n) is 2.63. The first kappa shape index (κ1) is 12.7. The molecule has 0 saturated heterocycles. The lowest BCUT2D eigenvalue weighted by Gasteiger charge is -2.03. The summed E-state index contributed by atoms with van der Waals surface area (Å²) in [4.78, 5) is 4.54. The Morgan fingerprint density at radius 3 is 2.17 bits per heavy atom. The molecule has 0 aliphatic heterocycles. The highest BCUT2D eigenvalue weighted by molar-refractivity contribution is 6.30. The number of ether oxygens (including phenoxy) is 1. The molecule has 0 bridgehead atoms. The number of nitrogens with zero attached hydrogens (tertiary/aromatic N) is 1. The molecule has 0 fully saturated rings. The SMILES string of the molecule is COc1ccc(C(C)=Nc2ccc(Cl)cc2)cc1. The molecule has 0 radical (unpaired) electrons. The van der Waals surface area contributed by atoms with Crippen LogP contribution < -0.4 is 4.74 Å². The number of benzene rings is 2. The van der Waals surface area contributed by atoms with Crippen molar-refractivity contribution < 1.29 is 4.74 Å². The van der Waals surface area contributed by atoms with Gasteiger partial charge in [-0.15, -0.1) is 0 Å². The zero-order valence-corrected chi connectivity index (χ0v) is 11.1. The highest BCUT2D eigenvalue weighted by Crippen LogP contribution is 2.18. The molecule has 2 nitrogen and oxygen atoms in total. The standard InChI is InChI=1S/C15H14ClNO/c1-11(12-3-9-15(18-2)10-4-12)17-14-7-5-13(16)6-8-14/h3-10H,1-2H3. The molecular weight excluding hydrogens is 246 g/mol. The van der Waals surface area contributed by atoms with E-state index in [9.17, 15) is 0 Å². The minimum atomic E-state index is 0.719. The molecule has 0 heterocycles. The van der Waals surface area contributed by atoms with Gasteiger partial charge in [0.2, 0.25) is 0 Å². The zero-order valence-electron chi connectivity index (χ0n) is 10.4. The van der Waals surface area contributed by atoms with Crippen LogP contribution >= 0.6 is 11.6 Å². The van der Waals surface area contributed by atoms with Crippen LogP contribution in [0.4, 0.5) is 5.69 Å². The molecule has 0 saturated carbocycles. The van der Waals surface area contributed by atoms with Crippen molar-refractivity contribution in [1.29, 1.82) is 0 Å². The molecule has 0 N–H and O–H groups in total. The van der Waals surface area contributed by atoms with Gasteiger partial charge in [0.25, 0.3) is 0 Å². The van der Waals surface area contributed by atoms with E-state index in [-0.39, 0.29) is 0 Å². The average molecular weight is 260 g/mol. The minimum Gasteiger partial charge on any atom is -0.497 e. The van der Waals surface area contributed by atoms with E-state index in [1.165, 1.54) is 0 Å². The molecule has 92 valence electrons. The van der Waals surface area contributed by atoms with E-state index in [1.807, 2.05) is 55.5 Å². The van der Waals surface area contributed by atoms with Crippen LogP contribution in [0.25, 0.3) is 0 Å². The molecule has 0 spiro atoms. The number of hydrogen-bond acceptors (Lipinski definition) is 2. The number of hydrogen-bond donors (Lipinski definition) is 0. The number of aliphatic imine (C=N–C) groups is 1. The van der Waals surface area contributed by atoms with Gasteiger partial charge in [0.15, 0.2) is 0 Å². The molecule has 3 heteroatoms. The Morgan fingerprint density at radius 2 is 1.61 bits per heavy atom. The maximum atomic E-state index is 5.84. The van der Waals surface area contributed by atoms with Crippen LogP contribution in [-0.4, -0.2) is 12.8 Å². The van der Waals surface area contributed by atoms with E-state index in [0.717, 1.165) is 27.7 Å². The van der Waals surface area contributed by atoms with Gasteiger partial charge in [-0.3, -0.25) is 4.99 Å². The normalized spacial score (nSPS) is 11.4. The largest absolute Gasteiger partial charge is 0.497 e. The van der Waals surface area contributed by atoms with Gasteiger partial charge in [-0.05, 0) is 61.0 Å². The van der Waals surface area contributed by atoms with Crippen molar-refractivity contribution >= 4 is 23.0 Å². The number of methoxy groups -OCH3 is 1. The second-order valence-electron chi connectivity index (χ2n) is 3.90. The molecule has 2 aromatic carbocycles. The van der Waals surface area contributed by atoms with Gasteiger partial charge < -0.3 is 4.74 Å². The maximum absolute atomic E-state index is 5.84. The van der Waals surface area contributed by atoms with Crippen LogP contribution in [0.3, 0.4) is 0 Å². The van der Waals surface area contributed by atoms with Gasteiger partial charge in [0, 0.05) is 10.7 Å². The highest BCUT2D eigenvalue weighted by Gasteiger charge is 1.99. The van der Waals surface area contributed by atoms with Gasteiger partial charge in [-0.25, -0.2) is 0 Å². The van der Waals surface area contributed by atoms with E-state index in [0.29, 0.717) is 0 Å². The van der Waals surface area contributed by atoms with Crippen LogP contribution in [0, 0.1) is 0 Å². The fourth-order valence-electron chi connectivity index (χ4n) is 1.61. The van der Waals surface area contributed by atoms with E-state index >= 15 is 0 Å². The summed E-state index contributed by atoms with van der Waals surface area (Å²) in [7, 11) is 1.66. The van der Waals surface area contributed by atoms with Crippen molar-refractivity contribution in [3.63, 3.8) is 0 Å². The predicted molar refractivity (Wildman–Crippen MR) is 76.3 cm³/mol. The second-order valence-corrected chi connectivity index (χ2v) is 4.34. The summed E-state index contributed by atoms with van der Waals surface area (Å²) in [5, 5.41) is 0.719. The summed E-state index contributed by atoms with van der Waals surface area (Å²) in [6.45, 7) is 1.98. The summed E-state index contributed by atoms with van der Waals surface area (Å²) in [5.41, 5.74) is 2.93. The van der Waals surface area contributed by atoms with Crippen LogP contribution in [0.5, 0.6) is 5.75 Å². The van der Waals surface area contributed by atoms with Crippen LogP contribution in [0.2, 0.25) is 5.02 Å². The molecule has 0 aliphatic rings.